The largest absolute Gasteiger partial charge is 0.293 e. The van der Waals surface area contributed by atoms with Crippen LogP contribution in [0.1, 0.15) is 39.6 Å². The molecular weight excluding hydrogens is 307 g/mol. The lowest BCUT2D eigenvalue weighted by Gasteiger charge is -2.21. The second kappa shape index (κ2) is 4.97. The maximum absolute atomic E-state index is 12.6. The van der Waals surface area contributed by atoms with Crippen molar-refractivity contribution in [1.82, 2.24) is 0 Å². The molecule has 0 radical (unpaired) electrons. The number of thiophene rings is 2. The van der Waals surface area contributed by atoms with Crippen molar-refractivity contribution in [3.05, 3.63) is 42.2 Å². The van der Waals surface area contributed by atoms with Crippen LogP contribution in [0.25, 0.3) is 0 Å². The molecule has 5 heteroatoms. The Morgan fingerprint density at radius 1 is 1.39 bits per heavy atom. The van der Waals surface area contributed by atoms with Crippen molar-refractivity contribution in [3.8, 4) is 0 Å². The molecule has 2 aromatic heterocycles. The number of hydrogen-bond donors (Lipinski definition) is 0. The van der Waals surface area contributed by atoms with Gasteiger partial charge in [-0.1, -0.05) is 23.2 Å². The second-order valence-electron chi connectivity index (χ2n) is 4.35. The summed E-state index contributed by atoms with van der Waals surface area (Å²) in [4.78, 5) is 13.9. The molecule has 0 spiro atoms. The van der Waals surface area contributed by atoms with Crippen molar-refractivity contribution in [3.63, 3.8) is 0 Å². The first-order chi connectivity index (χ1) is 8.66. The molecule has 1 nitrogen and oxygen atoms in total. The Morgan fingerprint density at radius 3 is 2.94 bits per heavy atom. The number of carbonyl (C=O) groups excluding carboxylic acids is 1. The number of rotatable bonds is 2. The lowest BCUT2D eigenvalue weighted by atomic mass is 9.83. The number of halogens is 2. The standard InChI is InChI=1S/C13H10Cl2OS2/c14-11-6-9(13(15)18-11)12(16)8-2-1-3-10-7(8)4-5-17-10/h4-6,8H,1-3H2. The second-order valence-corrected chi connectivity index (χ2v) is 7.63. The first kappa shape index (κ1) is 12.7. The summed E-state index contributed by atoms with van der Waals surface area (Å²) in [6.45, 7) is 0. The minimum Gasteiger partial charge on any atom is -0.293 e. The molecule has 0 aliphatic heterocycles. The lowest BCUT2D eigenvalue weighted by molar-refractivity contribution is 0.0952. The molecule has 1 unspecified atom stereocenters. The fourth-order valence-corrected chi connectivity index (χ4v) is 4.92. The predicted octanol–water partition coefficient (Wildman–Crippen LogP) is 5.42. The zero-order valence-electron chi connectivity index (χ0n) is 9.41. The van der Waals surface area contributed by atoms with E-state index in [2.05, 4.69) is 11.4 Å². The van der Waals surface area contributed by atoms with E-state index in [9.17, 15) is 4.79 Å². The fraction of sp³-hybridized carbons (Fsp3) is 0.308. The van der Waals surface area contributed by atoms with Crippen LogP contribution in [-0.4, -0.2) is 5.78 Å². The highest BCUT2D eigenvalue weighted by Gasteiger charge is 2.29. The van der Waals surface area contributed by atoms with Gasteiger partial charge in [0.05, 0.1) is 4.34 Å². The van der Waals surface area contributed by atoms with E-state index in [0.29, 0.717) is 14.2 Å². The Balaban J connectivity index is 1.98. The average Bonchev–Trinajstić information content (AvgIpc) is 2.94. The van der Waals surface area contributed by atoms with Crippen molar-refractivity contribution < 1.29 is 4.79 Å². The van der Waals surface area contributed by atoms with Crippen LogP contribution in [-0.2, 0) is 6.42 Å². The summed E-state index contributed by atoms with van der Waals surface area (Å²) in [6.07, 6.45) is 3.07. The Morgan fingerprint density at radius 2 is 2.22 bits per heavy atom. The van der Waals surface area contributed by atoms with E-state index in [0.717, 1.165) is 19.3 Å². The van der Waals surface area contributed by atoms with Crippen molar-refractivity contribution in [2.45, 2.75) is 25.2 Å². The van der Waals surface area contributed by atoms with Crippen LogP contribution in [0.15, 0.2) is 17.5 Å². The zero-order valence-corrected chi connectivity index (χ0v) is 12.6. The van der Waals surface area contributed by atoms with E-state index in [1.165, 1.54) is 21.8 Å². The van der Waals surface area contributed by atoms with Gasteiger partial charge in [-0.15, -0.1) is 22.7 Å². The Labute approximate surface area is 123 Å². The Bertz CT molecular complexity index is 600. The first-order valence-electron chi connectivity index (χ1n) is 5.72. The molecule has 0 aromatic carbocycles. The molecule has 0 N–H and O–H groups in total. The molecule has 1 aliphatic rings. The van der Waals surface area contributed by atoms with Crippen LogP contribution in [0.4, 0.5) is 0 Å². The van der Waals surface area contributed by atoms with Gasteiger partial charge in [-0.25, -0.2) is 0 Å². The van der Waals surface area contributed by atoms with Gasteiger partial charge >= 0.3 is 0 Å². The van der Waals surface area contributed by atoms with Crippen molar-refractivity contribution in [2.75, 3.05) is 0 Å². The maximum atomic E-state index is 12.6. The minimum absolute atomic E-state index is 0.0387. The summed E-state index contributed by atoms with van der Waals surface area (Å²) in [7, 11) is 0. The van der Waals surface area contributed by atoms with E-state index < -0.39 is 0 Å². The predicted molar refractivity (Wildman–Crippen MR) is 78.7 cm³/mol. The highest BCUT2D eigenvalue weighted by molar-refractivity contribution is 7.20. The highest BCUT2D eigenvalue weighted by atomic mass is 35.5. The van der Waals surface area contributed by atoms with Crippen molar-refractivity contribution in [1.29, 1.82) is 0 Å². The molecule has 2 heterocycles. The molecule has 0 saturated carbocycles. The van der Waals surface area contributed by atoms with Gasteiger partial charge in [0.1, 0.15) is 4.34 Å². The van der Waals surface area contributed by atoms with Crippen LogP contribution in [0.2, 0.25) is 8.67 Å². The summed E-state index contributed by atoms with van der Waals surface area (Å²) in [5.41, 5.74) is 1.77. The molecule has 0 amide bonds. The smallest absolute Gasteiger partial charge is 0.172 e. The average molecular weight is 317 g/mol. The number of hydrogen-bond acceptors (Lipinski definition) is 3. The molecule has 1 atom stereocenters. The van der Waals surface area contributed by atoms with E-state index >= 15 is 0 Å². The molecule has 0 saturated heterocycles. The normalized spacial score (nSPS) is 18.7. The number of aryl methyl sites for hydroxylation is 1. The van der Waals surface area contributed by atoms with E-state index in [4.69, 9.17) is 23.2 Å². The van der Waals surface area contributed by atoms with Gasteiger partial charge in [0.2, 0.25) is 0 Å². The summed E-state index contributed by atoms with van der Waals surface area (Å²) < 4.78 is 1.08. The van der Waals surface area contributed by atoms with Gasteiger partial charge in [0, 0.05) is 16.4 Å². The van der Waals surface area contributed by atoms with Gasteiger partial charge < -0.3 is 0 Å². The Kier molecular flexibility index (Phi) is 3.50. The number of ketones is 1. The van der Waals surface area contributed by atoms with Crippen LogP contribution in [0, 0.1) is 0 Å². The van der Waals surface area contributed by atoms with Crippen LogP contribution in [0.5, 0.6) is 0 Å². The topological polar surface area (TPSA) is 17.1 Å². The quantitative estimate of drug-likeness (QED) is 0.676. The monoisotopic (exact) mass is 316 g/mol. The van der Waals surface area contributed by atoms with Gasteiger partial charge in [0.25, 0.3) is 0 Å². The van der Waals surface area contributed by atoms with Crippen LogP contribution < -0.4 is 0 Å². The first-order valence-corrected chi connectivity index (χ1v) is 8.17. The Hall–Kier alpha value is -0.350. The lowest BCUT2D eigenvalue weighted by Crippen LogP contribution is -2.17. The van der Waals surface area contributed by atoms with E-state index in [1.807, 2.05) is 0 Å². The molecule has 3 rings (SSSR count). The third-order valence-corrected chi connectivity index (χ3v) is 5.77. The maximum Gasteiger partial charge on any atom is 0.172 e. The van der Waals surface area contributed by atoms with Crippen LogP contribution >= 0.6 is 45.9 Å². The molecule has 1 aliphatic carbocycles. The minimum atomic E-state index is -0.0387. The summed E-state index contributed by atoms with van der Waals surface area (Å²) in [6, 6.07) is 3.77. The van der Waals surface area contributed by atoms with Crippen LogP contribution in [0.3, 0.4) is 0 Å². The van der Waals surface area contributed by atoms with E-state index in [-0.39, 0.29) is 11.7 Å². The summed E-state index contributed by atoms with van der Waals surface area (Å²) in [5, 5.41) is 2.07. The van der Waals surface area contributed by atoms with E-state index in [1.54, 1.807) is 17.4 Å². The van der Waals surface area contributed by atoms with Crippen molar-refractivity contribution >= 4 is 51.7 Å². The molecule has 0 bridgehead atoms. The number of fused-ring (bicyclic) bond motifs is 1. The summed E-state index contributed by atoms with van der Waals surface area (Å²) in [5.74, 6) is 0.0747. The highest BCUT2D eigenvalue weighted by Crippen LogP contribution is 2.40. The summed E-state index contributed by atoms with van der Waals surface area (Å²) >= 11 is 15.0. The number of Topliss-reactive ketones (excluding diaryl/α,β-unsaturated/α-hetero) is 1. The molecule has 18 heavy (non-hydrogen) atoms. The molecular formula is C13H10Cl2OS2. The van der Waals surface area contributed by atoms with Crippen molar-refractivity contribution in [2.24, 2.45) is 0 Å². The third kappa shape index (κ3) is 2.14. The van der Waals surface area contributed by atoms with Gasteiger partial charge in [0.15, 0.2) is 5.78 Å². The zero-order chi connectivity index (χ0) is 12.7. The third-order valence-electron chi connectivity index (χ3n) is 3.29. The number of carbonyl (C=O) groups is 1. The molecule has 0 fully saturated rings. The van der Waals surface area contributed by atoms with Gasteiger partial charge in [-0.05, 0) is 42.3 Å². The molecule has 94 valence electrons. The SMILES string of the molecule is O=C(c1cc(Cl)sc1Cl)C1CCCc2sccc21. The van der Waals surface area contributed by atoms with Gasteiger partial charge in [-0.2, -0.15) is 0 Å². The fourth-order valence-electron chi connectivity index (χ4n) is 2.45. The van der Waals surface area contributed by atoms with Gasteiger partial charge in [-0.3, -0.25) is 4.79 Å². The molecule has 2 aromatic rings.